The van der Waals surface area contributed by atoms with Crippen LogP contribution >= 0.6 is 23.1 Å². The van der Waals surface area contributed by atoms with Gasteiger partial charge in [0, 0.05) is 22.3 Å². The highest BCUT2D eigenvalue weighted by atomic mass is 32.2. The molecule has 0 spiro atoms. The van der Waals surface area contributed by atoms with Gasteiger partial charge in [0.2, 0.25) is 5.91 Å². The van der Waals surface area contributed by atoms with E-state index in [4.69, 9.17) is 0 Å². The quantitative estimate of drug-likeness (QED) is 0.771. The predicted octanol–water partition coefficient (Wildman–Crippen LogP) is 3.49. The Balaban J connectivity index is 1.70. The molecule has 2 fully saturated rings. The van der Waals surface area contributed by atoms with Gasteiger partial charge < -0.3 is 4.90 Å². The summed E-state index contributed by atoms with van der Waals surface area (Å²) in [5.41, 5.74) is 0. The number of imide groups is 1. The third-order valence-electron chi connectivity index (χ3n) is 4.32. The molecule has 3 heterocycles. The molecule has 0 radical (unpaired) electrons. The molecule has 1 atom stereocenters. The highest BCUT2D eigenvalue weighted by Crippen LogP contribution is 2.33. The number of amides is 3. The van der Waals surface area contributed by atoms with E-state index in [0.717, 1.165) is 45.7 Å². The van der Waals surface area contributed by atoms with Gasteiger partial charge >= 0.3 is 0 Å². The maximum atomic E-state index is 12.5. The van der Waals surface area contributed by atoms with E-state index in [1.807, 2.05) is 26.0 Å². The molecule has 5 nitrogen and oxygen atoms in total. The van der Waals surface area contributed by atoms with E-state index in [0.29, 0.717) is 11.4 Å². The van der Waals surface area contributed by atoms with Crippen LogP contribution in [0.1, 0.15) is 35.9 Å². The van der Waals surface area contributed by atoms with E-state index in [9.17, 15) is 14.4 Å². The van der Waals surface area contributed by atoms with Crippen molar-refractivity contribution in [1.82, 2.24) is 9.80 Å². The molecule has 0 N–H and O–H groups in total. The Bertz CT molecular complexity index is 710. The zero-order valence-corrected chi connectivity index (χ0v) is 15.4. The third kappa shape index (κ3) is 3.57. The standard InChI is InChI=1S/C17H20N2O3S2/c1-11-5-3-4-8-18(11)15(20)10-19-16(21)14(24-17(19)22)9-13-7-6-12(2)23-13/h6-7,9,11H,3-5,8,10H2,1-2H3/b14-9-/t11-/m0/s1. The number of hydrogen-bond acceptors (Lipinski definition) is 5. The van der Waals surface area contributed by atoms with Gasteiger partial charge in [0.05, 0.1) is 4.91 Å². The van der Waals surface area contributed by atoms with Crippen LogP contribution < -0.4 is 0 Å². The summed E-state index contributed by atoms with van der Waals surface area (Å²) < 4.78 is 0. The molecule has 0 bridgehead atoms. The smallest absolute Gasteiger partial charge is 0.294 e. The lowest BCUT2D eigenvalue weighted by atomic mass is 10.0. The number of hydrogen-bond donors (Lipinski definition) is 0. The number of carbonyl (C=O) groups excluding carboxylic acids is 3. The average Bonchev–Trinajstić information content (AvgIpc) is 3.06. The molecule has 2 aliphatic rings. The fourth-order valence-corrected chi connectivity index (χ4v) is 4.72. The molecule has 1 aromatic rings. The SMILES string of the molecule is Cc1ccc(/C=C2\SC(=O)N(CC(=O)N3CCCC[C@@H]3C)C2=O)s1. The van der Waals surface area contributed by atoms with Gasteiger partial charge in [-0.15, -0.1) is 11.3 Å². The average molecular weight is 364 g/mol. The highest BCUT2D eigenvalue weighted by molar-refractivity contribution is 8.18. The van der Waals surface area contributed by atoms with E-state index >= 15 is 0 Å². The summed E-state index contributed by atoms with van der Waals surface area (Å²) in [6, 6.07) is 4.08. The van der Waals surface area contributed by atoms with Crippen molar-refractivity contribution in [2.24, 2.45) is 0 Å². The molecule has 3 rings (SSSR count). The van der Waals surface area contributed by atoms with E-state index < -0.39 is 0 Å². The Morgan fingerprint density at radius 3 is 2.79 bits per heavy atom. The van der Waals surface area contributed by atoms with Crippen molar-refractivity contribution < 1.29 is 14.4 Å². The summed E-state index contributed by atoms with van der Waals surface area (Å²) in [4.78, 5) is 42.4. The molecule has 128 valence electrons. The lowest BCUT2D eigenvalue weighted by molar-refractivity contribution is -0.138. The zero-order chi connectivity index (χ0) is 17.3. The molecule has 3 amide bonds. The van der Waals surface area contributed by atoms with Crippen molar-refractivity contribution in [2.45, 2.75) is 39.2 Å². The first-order chi connectivity index (χ1) is 11.5. The fourth-order valence-electron chi connectivity index (χ4n) is 2.99. The van der Waals surface area contributed by atoms with Crippen LogP contribution in [-0.2, 0) is 9.59 Å². The molecule has 0 unspecified atom stereocenters. The first-order valence-corrected chi connectivity index (χ1v) is 9.70. The third-order valence-corrected chi connectivity index (χ3v) is 6.18. The summed E-state index contributed by atoms with van der Waals surface area (Å²) >= 11 is 2.48. The van der Waals surface area contributed by atoms with Gasteiger partial charge in [-0.1, -0.05) is 0 Å². The number of nitrogens with zero attached hydrogens (tertiary/aromatic N) is 2. The number of thioether (sulfide) groups is 1. The number of rotatable bonds is 3. The summed E-state index contributed by atoms with van der Waals surface area (Å²) in [5, 5.41) is -0.363. The van der Waals surface area contributed by atoms with Gasteiger partial charge in [-0.25, -0.2) is 0 Å². The summed E-state index contributed by atoms with van der Waals surface area (Å²) in [7, 11) is 0. The van der Waals surface area contributed by atoms with Crippen molar-refractivity contribution >= 4 is 46.2 Å². The van der Waals surface area contributed by atoms with Crippen molar-refractivity contribution in [3.05, 3.63) is 26.8 Å². The second kappa shape index (κ2) is 7.11. The van der Waals surface area contributed by atoms with E-state index in [2.05, 4.69) is 0 Å². The molecule has 24 heavy (non-hydrogen) atoms. The van der Waals surface area contributed by atoms with Gasteiger partial charge in [-0.05, 0) is 63.1 Å². The Labute approximate surface area is 149 Å². The van der Waals surface area contributed by atoms with Crippen LogP contribution in [0.25, 0.3) is 6.08 Å². The second-order valence-electron chi connectivity index (χ2n) is 6.15. The molecule has 7 heteroatoms. The summed E-state index contributed by atoms with van der Waals surface area (Å²) in [6.45, 7) is 4.56. The molecular weight excluding hydrogens is 344 g/mol. The van der Waals surface area contributed by atoms with Crippen LogP contribution in [0.2, 0.25) is 0 Å². The first kappa shape index (κ1) is 17.2. The largest absolute Gasteiger partial charge is 0.338 e. The normalized spacial score (nSPS) is 23.4. The topological polar surface area (TPSA) is 57.7 Å². The van der Waals surface area contributed by atoms with Gasteiger partial charge in [0.15, 0.2) is 0 Å². The number of likely N-dealkylation sites (tertiary alicyclic amines) is 1. The maximum absolute atomic E-state index is 12.5. The summed E-state index contributed by atoms with van der Waals surface area (Å²) in [5.74, 6) is -0.508. The van der Waals surface area contributed by atoms with Crippen LogP contribution in [0, 0.1) is 6.92 Å². The second-order valence-corrected chi connectivity index (χ2v) is 8.46. The number of aryl methyl sites for hydroxylation is 1. The molecule has 2 saturated heterocycles. The zero-order valence-electron chi connectivity index (χ0n) is 13.8. The minimum Gasteiger partial charge on any atom is -0.338 e. The van der Waals surface area contributed by atoms with Crippen LogP contribution in [0.3, 0.4) is 0 Å². The summed E-state index contributed by atoms with van der Waals surface area (Å²) in [6.07, 6.45) is 4.81. The molecule has 0 aliphatic carbocycles. The number of piperidine rings is 1. The van der Waals surface area contributed by atoms with E-state index in [-0.39, 0.29) is 29.6 Å². The van der Waals surface area contributed by atoms with Crippen molar-refractivity contribution in [1.29, 1.82) is 0 Å². The Morgan fingerprint density at radius 2 is 2.12 bits per heavy atom. The van der Waals surface area contributed by atoms with Gasteiger partial charge in [0.1, 0.15) is 6.54 Å². The molecule has 0 aromatic carbocycles. The minimum absolute atomic E-state index is 0.141. The van der Waals surface area contributed by atoms with E-state index in [1.54, 1.807) is 22.3 Å². The fraction of sp³-hybridized carbons (Fsp3) is 0.471. The van der Waals surface area contributed by atoms with Crippen molar-refractivity contribution in [3.8, 4) is 0 Å². The molecule has 0 saturated carbocycles. The van der Waals surface area contributed by atoms with Crippen LogP contribution in [0.5, 0.6) is 0 Å². The first-order valence-electron chi connectivity index (χ1n) is 8.07. The molecule has 2 aliphatic heterocycles. The number of thiophene rings is 1. The van der Waals surface area contributed by atoms with Crippen LogP contribution in [0.4, 0.5) is 4.79 Å². The maximum Gasteiger partial charge on any atom is 0.294 e. The molecule has 1 aromatic heterocycles. The molecular formula is C17H20N2O3S2. The van der Waals surface area contributed by atoms with Crippen molar-refractivity contribution in [2.75, 3.05) is 13.1 Å². The number of carbonyl (C=O) groups is 3. The minimum atomic E-state index is -0.367. The van der Waals surface area contributed by atoms with Crippen LogP contribution in [-0.4, -0.2) is 46.0 Å². The Hall–Kier alpha value is -1.60. The highest BCUT2D eigenvalue weighted by Gasteiger charge is 2.37. The Kier molecular flexibility index (Phi) is 5.10. The lowest BCUT2D eigenvalue weighted by Gasteiger charge is -2.34. The van der Waals surface area contributed by atoms with Crippen molar-refractivity contribution in [3.63, 3.8) is 0 Å². The monoisotopic (exact) mass is 364 g/mol. The van der Waals surface area contributed by atoms with Gasteiger partial charge in [-0.2, -0.15) is 0 Å². The van der Waals surface area contributed by atoms with E-state index in [1.165, 1.54) is 0 Å². The predicted molar refractivity (Wildman–Crippen MR) is 96.8 cm³/mol. The lowest BCUT2D eigenvalue weighted by Crippen LogP contribution is -2.47. The van der Waals surface area contributed by atoms with Gasteiger partial charge in [0.25, 0.3) is 11.1 Å². The van der Waals surface area contributed by atoms with Crippen LogP contribution in [0.15, 0.2) is 17.0 Å². The van der Waals surface area contributed by atoms with Gasteiger partial charge in [-0.3, -0.25) is 19.3 Å². The Morgan fingerprint density at radius 1 is 1.33 bits per heavy atom.